The zero-order valence-corrected chi connectivity index (χ0v) is 14.1. The van der Waals surface area contributed by atoms with E-state index in [0.717, 1.165) is 22.1 Å². The van der Waals surface area contributed by atoms with Gasteiger partial charge in [-0.3, -0.25) is 4.79 Å². The molecule has 0 aromatic heterocycles. The van der Waals surface area contributed by atoms with Crippen molar-refractivity contribution in [1.82, 2.24) is 0 Å². The SMILES string of the molecule is COc1cc(Br)cc(C=O)c1OCCOc1cccc(C)c1. The van der Waals surface area contributed by atoms with Crippen LogP contribution in [0, 0.1) is 6.92 Å². The number of hydrogen-bond acceptors (Lipinski definition) is 4. The number of rotatable bonds is 7. The molecule has 5 heteroatoms. The number of ether oxygens (including phenoxy) is 3. The Hall–Kier alpha value is -2.01. The molecule has 0 amide bonds. The third kappa shape index (κ3) is 4.24. The first-order chi connectivity index (χ1) is 10.6. The van der Waals surface area contributed by atoms with Crippen LogP contribution in [-0.2, 0) is 0 Å². The zero-order chi connectivity index (χ0) is 15.9. The van der Waals surface area contributed by atoms with Crippen molar-refractivity contribution in [3.05, 3.63) is 52.0 Å². The Morgan fingerprint density at radius 2 is 1.91 bits per heavy atom. The maximum atomic E-state index is 11.2. The van der Waals surface area contributed by atoms with E-state index in [-0.39, 0.29) is 0 Å². The molecule has 0 aliphatic carbocycles. The van der Waals surface area contributed by atoms with Gasteiger partial charge < -0.3 is 14.2 Å². The van der Waals surface area contributed by atoms with Crippen LogP contribution in [0.15, 0.2) is 40.9 Å². The van der Waals surface area contributed by atoms with Gasteiger partial charge in [-0.15, -0.1) is 0 Å². The number of halogens is 1. The summed E-state index contributed by atoms with van der Waals surface area (Å²) in [5.74, 6) is 1.72. The second-order valence-electron chi connectivity index (χ2n) is 4.66. The Balaban J connectivity index is 1.98. The van der Waals surface area contributed by atoms with E-state index in [1.54, 1.807) is 12.1 Å². The summed E-state index contributed by atoms with van der Waals surface area (Å²) in [5, 5.41) is 0. The van der Waals surface area contributed by atoms with E-state index < -0.39 is 0 Å². The van der Waals surface area contributed by atoms with Gasteiger partial charge in [-0.05, 0) is 36.8 Å². The molecule has 0 unspecified atom stereocenters. The predicted molar refractivity (Wildman–Crippen MR) is 88.3 cm³/mol. The lowest BCUT2D eigenvalue weighted by Crippen LogP contribution is -2.10. The molecule has 0 radical (unpaired) electrons. The van der Waals surface area contributed by atoms with Gasteiger partial charge in [0.05, 0.1) is 12.7 Å². The van der Waals surface area contributed by atoms with Crippen LogP contribution in [-0.4, -0.2) is 26.6 Å². The Bertz CT molecular complexity index is 655. The average molecular weight is 365 g/mol. The summed E-state index contributed by atoms with van der Waals surface area (Å²) in [5.41, 5.74) is 1.57. The molecule has 2 aromatic rings. The molecule has 0 atom stereocenters. The number of benzene rings is 2. The summed E-state index contributed by atoms with van der Waals surface area (Å²) < 4.78 is 17.3. The standard InChI is InChI=1S/C17H17BrO4/c1-12-4-3-5-15(8-12)21-6-7-22-17-13(11-19)9-14(18)10-16(17)20-2/h3-5,8-11H,6-7H2,1-2H3. The fourth-order valence-corrected chi connectivity index (χ4v) is 2.45. The van der Waals surface area contributed by atoms with Gasteiger partial charge in [-0.25, -0.2) is 0 Å². The molecule has 0 spiro atoms. The summed E-state index contributed by atoms with van der Waals surface area (Å²) in [6.45, 7) is 2.69. The molecule has 2 rings (SSSR count). The molecule has 0 saturated carbocycles. The van der Waals surface area contributed by atoms with Crippen LogP contribution in [0.3, 0.4) is 0 Å². The zero-order valence-electron chi connectivity index (χ0n) is 12.5. The molecule has 0 heterocycles. The summed E-state index contributed by atoms with van der Waals surface area (Å²) in [6.07, 6.45) is 0.740. The van der Waals surface area contributed by atoms with Crippen LogP contribution in [0.5, 0.6) is 17.2 Å². The second kappa shape index (κ2) is 7.84. The fourth-order valence-electron chi connectivity index (χ4n) is 1.99. The predicted octanol–water partition coefficient (Wildman–Crippen LogP) is 4.04. The summed E-state index contributed by atoms with van der Waals surface area (Å²) >= 11 is 3.33. The van der Waals surface area contributed by atoms with Crippen LogP contribution in [0.25, 0.3) is 0 Å². The summed E-state index contributed by atoms with van der Waals surface area (Å²) in [4.78, 5) is 11.2. The monoisotopic (exact) mass is 364 g/mol. The van der Waals surface area contributed by atoms with Crippen molar-refractivity contribution in [1.29, 1.82) is 0 Å². The third-order valence-electron chi connectivity index (χ3n) is 2.98. The molecule has 0 aliphatic rings. The molecule has 0 bridgehead atoms. The molecular weight excluding hydrogens is 348 g/mol. The third-order valence-corrected chi connectivity index (χ3v) is 3.44. The Morgan fingerprint density at radius 1 is 1.14 bits per heavy atom. The van der Waals surface area contributed by atoms with Crippen molar-refractivity contribution in [3.8, 4) is 17.2 Å². The first kappa shape index (κ1) is 16.4. The number of hydrogen-bond donors (Lipinski definition) is 0. The lowest BCUT2D eigenvalue weighted by Gasteiger charge is -2.14. The highest BCUT2D eigenvalue weighted by molar-refractivity contribution is 9.10. The number of aryl methyl sites for hydroxylation is 1. The molecule has 0 N–H and O–H groups in total. The van der Waals surface area contributed by atoms with Crippen molar-refractivity contribution in [2.75, 3.05) is 20.3 Å². The summed E-state index contributed by atoms with van der Waals surface area (Å²) in [7, 11) is 1.53. The highest BCUT2D eigenvalue weighted by Crippen LogP contribution is 2.33. The highest BCUT2D eigenvalue weighted by Gasteiger charge is 2.12. The largest absolute Gasteiger partial charge is 0.493 e. The van der Waals surface area contributed by atoms with Crippen LogP contribution in [0.1, 0.15) is 15.9 Å². The highest BCUT2D eigenvalue weighted by atomic mass is 79.9. The van der Waals surface area contributed by atoms with Crippen LogP contribution < -0.4 is 14.2 Å². The normalized spacial score (nSPS) is 10.1. The van der Waals surface area contributed by atoms with Crippen LogP contribution >= 0.6 is 15.9 Å². The van der Waals surface area contributed by atoms with Gasteiger partial charge in [0.1, 0.15) is 19.0 Å². The van der Waals surface area contributed by atoms with Crippen molar-refractivity contribution < 1.29 is 19.0 Å². The van der Waals surface area contributed by atoms with E-state index in [9.17, 15) is 4.79 Å². The molecule has 0 aliphatic heterocycles. The van der Waals surface area contributed by atoms with Crippen molar-refractivity contribution in [2.45, 2.75) is 6.92 Å². The van der Waals surface area contributed by atoms with E-state index >= 15 is 0 Å². The Kier molecular flexibility index (Phi) is 5.83. The molecule has 22 heavy (non-hydrogen) atoms. The van der Waals surface area contributed by atoms with Gasteiger partial charge in [0.25, 0.3) is 0 Å². The molecule has 0 fully saturated rings. The molecule has 4 nitrogen and oxygen atoms in total. The van der Waals surface area contributed by atoms with Gasteiger partial charge in [0.2, 0.25) is 0 Å². The van der Waals surface area contributed by atoms with Gasteiger partial charge in [0.15, 0.2) is 17.8 Å². The maximum absolute atomic E-state index is 11.2. The fraction of sp³-hybridized carbons (Fsp3) is 0.235. The van der Waals surface area contributed by atoms with Gasteiger partial charge in [-0.2, -0.15) is 0 Å². The van der Waals surface area contributed by atoms with Crippen molar-refractivity contribution >= 4 is 22.2 Å². The maximum Gasteiger partial charge on any atom is 0.171 e. The van der Waals surface area contributed by atoms with Crippen molar-refractivity contribution in [2.24, 2.45) is 0 Å². The van der Waals surface area contributed by atoms with Crippen LogP contribution in [0.2, 0.25) is 0 Å². The molecule has 116 valence electrons. The van der Waals surface area contributed by atoms with Crippen LogP contribution in [0.4, 0.5) is 0 Å². The lowest BCUT2D eigenvalue weighted by molar-refractivity contribution is 0.111. The van der Waals surface area contributed by atoms with Gasteiger partial charge in [0, 0.05) is 4.47 Å². The van der Waals surface area contributed by atoms with E-state index in [1.807, 2.05) is 31.2 Å². The van der Waals surface area contributed by atoms with Gasteiger partial charge >= 0.3 is 0 Å². The van der Waals surface area contributed by atoms with E-state index in [1.165, 1.54) is 7.11 Å². The lowest BCUT2D eigenvalue weighted by atomic mass is 10.2. The van der Waals surface area contributed by atoms with Gasteiger partial charge in [-0.1, -0.05) is 28.1 Å². The number of carbonyl (C=O) groups is 1. The van der Waals surface area contributed by atoms with E-state index in [0.29, 0.717) is 30.3 Å². The molecule has 0 saturated heterocycles. The van der Waals surface area contributed by atoms with Crippen molar-refractivity contribution in [3.63, 3.8) is 0 Å². The Morgan fingerprint density at radius 3 is 2.59 bits per heavy atom. The smallest absolute Gasteiger partial charge is 0.171 e. The molecule has 2 aromatic carbocycles. The topological polar surface area (TPSA) is 44.8 Å². The minimum Gasteiger partial charge on any atom is -0.493 e. The average Bonchev–Trinajstić information content (AvgIpc) is 2.51. The first-order valence-electron chi connectivity index (χ1n) is 6.79. The second-order valence-corrected chi connectivity index (χ2v) is 5.57. The minimum absolute atomic E-state index is 0.312. The van der Waals surface area contributed by atoms with E-state index in [4.69, 9.17) is 14.2 Å². The number of methoxy groups -OCH3 is 1. The molecular formula is C17H17BrO4. The Labute approximate surface area is 138 Å². The van der Waals surface area contributed by atoms with E-state index in [2.05, 4.69) is 15.9 Å². The quantitative estimate of drug-likeness (QED) is 0.549. The first-order valence-corrected chi connectivity index (χ1v) is 7.58. The number of carbonyl (C=O) groups excluding carboxylic acids is 1. The summed E-state index contributed by atoms with van der Waals surface area (Å²) in [6, 6.07) is 11.2. The number of aldehydes is 1. The minimum atomic E-state index is 0.312.